The molecule has 1 atom stereocenters. The topological polar surface area (TPSA) is 29.8 Å². The van der Waals surface area contributed by atoms with Gasteiger partial charge >= 0.3 is 0 Å². The van der Waals surface area contributed by atoms with E-state index in [1.807, 2.05) is 18.2 Å². The molecule has 1 aromatic carbocycles. The van der Waals surface area contributed by atoms with Crippen molar-refractivity contribution >= 4 is 0 Å². The highest BCUT2D eigenvalue weighted by molar-refractivity contribution is 5.14. The Morgan fingerprint density at radius 3 is 2.67 bits per heavy atom. The zero-order valence-electron chi connectivity index (χ0n) is 10.6. The highest BCUT2D eigenvalue weighted by Gasteiger charge is 2.15. The van der Waals surface area contributed by atoms with Gasteiger partial charge in [-0.25, -0.2) is 0 Å². The van der Waals surface area contributed by atoms with Gasteiger partial charge in [-0.1, -0.05) is 36.4 Å². The van der Waals surface area contributed by atoms with Crippen molar-refractivity contribution < 1.29 is 9.73 Å². The van der Waals surface area contributed by atoms with E-state index in [1.165, 1.54) is 5.56 Å². The summed E-state index contributed by atoms with van der Waals surface area (Å²) in [6.07, 6.45) is 5.69. The van der Waals surface area contributed by atoms with Crippen LogP contribution >= 0.6 is 0 Å². The van der Waals surface area contributed by atoms with Crippen LogP contribution in [0, 0.1) is 0 Å². The van der Waals surface area contributed by atoms with Gasteiger partial charge in [-0.05, 0) is 17.7 Å². The van der Waals surface area contributed by atoms with Gasteiger partial charge in [0, 0.05) is 12.8 Å². The van der Waals surface area contributed by atoms with Gasteiger partial charge < -0.3 is 9.73 Å². The van der Waals surface area contributed by atoms with Crippen molar-refractivity contribution in [1.29, 1.82) is 0 Å². The molecule has 0 unspecified atom stereocenters. The smallest absolute Gasteiger partial charge is 0.161 e. The zero-order chi connectivity index (χ0) is 12.6. The molecule has 94 valence electrons. The van der Waals surface area contributed by atoms with Crippen molar-refractivity contribution in [3.8, 4) is 0 Å². The number of rotatable bonds is 7. The maximum Gasteiger partial charge on any atom is 0.161 e. The lowest BCUT2D eigenvalue weighted by Gasteiger charge is -2.11. The van der Waals surface area contributed by atoms with Crippen molar-refractivity contribution in [2.45, 2.75) is 18.9 Å². The Bertz CT molecular complexity index is 447. The fourth-order valence-corrected chi connectivity index (χ4v) is 2.11. The lowest BCUT2D eigenvalue weighted by Crippen LogP contribution is -2.85. The maximum atomic E-state index is 5.47. The first kappa shape index (κ1) is 12.7. The molecule has 0 saturated carbocycles. The molecule has 0 aliphatic rings. The number of hydrogen-bond acceptors (Lipinski definition) is 1. The van der Waals surface area contributed by atoms with E-state index in [4.69, 9.17) is 4.42 Å². The van der Waals surface area contributed by atoms with Crippen molar-refractivity contribution in [1.82, 2.24) is 0 Å². The lowest BCUT2D eigenvalue weighted by molar-refractivity contribution is -0.696. The highest BCUT2D eigenvalue weighted by atomic mass is 16.3. The van der Waals surface area contributed by atoms with E-state index in [9.17, 15) is 0 Å². The van der Waals surface area contributed by atoms with Gasteiger partial charge in [-0.15, -0.1) is 6.58 Å². The summed E-state index contributed by atoms with van der Waals surface area (Å²) in [6.45, 7) is 4.87. The molecule has 0 fully saturated rings. The van der Waals surface area contributed by atoms with Crippen LogP contribution in [0.3, 0.4) is 0 Å². The van der Waals surface area contributed by atoms with E-state index in [0.29, 0.717) is 6.04 Å². The monoisotopic (exact) mass is 242 g/mol. The minimum absolute atomic E-state index is 0.348. The summed E-state index contributed by atoms with van der Waals surface area (Å²) < 4.78 is 5.47. The van der Waals surface area contributed by atoms with E-state index in [-0.39, 0.29) is 0 Å². The third-order valence-corrected chi connectivity index (χ3v) is 3.06. The maximum absolute atomic E-state index is 5.47. The van der Waals surface area contributed by atoms with Crippen LogP contribution in [0.5, 0.6) is 0 Å². The van der Waals surface area contributed by atoms with Gasteiger partial charge in [-0.3, -0.25) is 0 Å². The van der Waals surface area contributed by atoms with E-state index >= 15 is 0 Å². The quantitative estimate of drug-likeness (QED) is 0.743. The summed E-state index contributed by atoms with van der Waals surface area (Å²) in [4.78, 5) is 0. The Labute approximate surface area is 108 Å². The number of furan rings is 1. The first-order valence-corrected chi connectivity index (χ1v) is 6.41. The summed E-state index contributed by atoms with van der Waals surface area (Å²) in [6, 6.07) is 14.9. The van der Waals surface area contributed by atoms with Gasteiger partial charge in [0.15, 0.2) is 5.76 Å². The molecule has 2 nitrogen and oxygen atoms in total. The molecular weight excluding hydrogens is 222 g/mol. The average molecular weight is 242 g/mol. The van der Waals surface area contributed by atoms with Crippen LogP contribution in [0.4, 0.5) is 0 Å². The molecule has 2 heteroatoms. The molecule has 0 spiro atoms. The van der Waals surface area contributed by atoms with E-state index in [0.717, 1.165) is 25.1 Å². The van der Waals surface area contributed by atoms with Crippen molar-refractivity contribution in [3.63, 3.8) is 0 Å². The molecule has 0 saturated heterocycles. The second kappa shape index (κ2) is 6.82. The summed E-state index contributed by atoms with van der Waals surface area (Å²) >= 11 is 0. The van der Waals surface area contributed by atoms with Gasteiger partial charge in [0.1, 0.15) is 6.04 Å². The molecular formula is C16H20NO+. The van der Waals surface area contributed by atoms with E-state index in [1.54, 1.807) is 6.26 Å². The fraction of sp³-hybridized carbons (Fsp3) is 0.250. The first-order chi connectivity index (χ1) is 8.90. The molecule has 1 heterocycles. The standard InChI is InChI=1S/C16H19NO/c1-2-7-15(16-10-6-13-18-16)17-12-11-14-8-4-3-5-9-14/h2-6,8-10,13,15,17H,1,7,11-12H2/p+1/t15-/m1/s1. The molecule has 0 aliphatic heterocycles. The Kier molecular flexibility index (Phi) is 4.79. The van der Waals surface area contributed by atoms with Crippen molar-refractivity contribution in [2.75, 3.05) is 6.54 Å². The normalized spacial score (nSPS) is 12.2. The Morgan fingerprint density at radius 1 is 1.17 bits per heavy atom. The van der Waals surface area contributed by atoms with E-state index < -0.39 is 0 Å². The number of hydrogen-bond donors (Lipinski definition) is 1. The third-order valence-electron chi connectivity index (χ3n) is 3.06. The van der Waals surface area contributed by atoms with E-state index in [2.05, 4.69) is 42.2 Å². The fourth-order valence-electron chi connectivity index (χ4n) is 2.11. The van der Waals surface area contributed by atoms with Crippen LogP contribution in [-0.4, -0.2) is 6.54 Å². The average Bonchev–Trinajstić information content (AvgIpc) is 2.93. The summed E-state index contributed by atoms with van der Waals surface area (Å²) in [5, 5.41) is 2.33. The van der Waals surface area contributed by atoms with Gasteiger partial charge in [0.2, 0.25) is 0 Å². The summed E-state index contributed by atoms with van der Waals surface area (Å²) in [5.74, 6) is 1.03. The molecule has 2 rings (SSSR count). The Balaban J connectivity index is 1.85. The van der Waals surface area contributed by atoms with Crippen LogP contribution in [-0.2, 0) is 6.42 Å². The van der Waals surface area contributed by atoms with Crippen molar-refractivity contribution in [3.05, 3.63) is 72.7 Å². The first-order valence-electron chi connectivity index (χ1n) is 6.41. The zero-order valence-corrected chi connectivity index (χ0v) is 10.6. The molecule has 0 bridgehead atoms. The second-order valence-corrected chi connectivity index (χ2v) is 4.41. The van der Waals surface area contributed by atoms with Gasteiger partial charge in [0.25, 0.3) is 0 Å². The summed E-state index contributed by atoms with van der Waals surface area (Å²) in [5.41, 5.74) is 1.38. The molecule has 1 aromatic heterocycles. The molecule has 2 aromatic rings. The largest absolute Gasteiger partial charge is 0.463 e. The highest BCUT2D eigenvalue weighted by Crippen LogP contribution is 2.13. The predicted octanol–water partition coefficient (Wildman–Crippen LogP) is 2.70. The van der Waals surface area contributed by atoms with Crippen LogP contribution in [0.15, 0.2) is 65.8 Å². The number of benzene rings is 1. The molecule has 0 amide bonds. The number of nitrogens with two attached hydrogens (primary N) is 1. The molecule has 0 radical (unpaired) electrons. The Hall–Kier alpha value is -1.80. The molecule has 18 heavy (non-hydrogen) atoms. The van der Waals surface area contributed by atoms with Gasteiger partial charge in [-0.2, -0.15) is 0 Å². The SMILES string of the molecule is C=CC[C@@H]([NH2+]CCc1ccccc1)c1ccco1. The predicted molar refractivity (Wildman–Crippen MR) is 73.2 cm³/mol. The summed E-state index contributed by atoms with van der Waals surface area (Å²) in [7, 11) is 0. The Morgan fingerprint density at radius 2 is 2.00 bits per heavy atom. The van der Waals surface area contributed by atoms with Crippen LogP contribution in [0.1, 0.15) is 23.8 Å². The third kappa shape index (κ3) is 3.60. The second-order valence-electron chi connectivity index (χ2n) is 4.41. The minimum Gasteiger partial charge on any atom is -0.463 e. The molecule has 2 N–H and O–H groups in total. The van der Waals surface area contributed by atoms with Crippen LogP contribution in [0.25, 0.3) is 0 Å². The molecule has 0 aliphatic carbocycles. The van der Waals surface area contributed by atoms with Crippen LogP contribution in [0.2, 0.25) is 0 Å². The van der Waals surface area contributed by atoms with Crippen molar-refractivity contribution in [2.24, 2.45) is 0 Å². The lowest BCUT2D eigenvalue weighted by atomic mass is 10.1. The number of quaternary nitrogens is 1. The minimum atomic E-state index is 0.348. The van der Waals surface area contributed by atoms with Gasteiger partial charge in [0.05, 0.1) is 12.8 Å². The van der Waals surface area contributed by atoms with Crippen LogP contribution < -0.4 is 5.32 Å².